The molecule has 28 heavy (non-hydrogen) atoms. The fourth-order valence-corrected chi connectivity index (χ4v) is 3.15. The van der Waals surface area contributed by atoms with E-state index in [-0.39, 0.29) is 30.7 Å². The number of para-hydroxylation sites is 3. The number of halogens is 1. The van der Waals surface area contributed by atoms with E-state index in [9.17, 15) is 14.0 Å². The second-order valence-corrected chi connectivity index (χ2v) is 7.28. The Morgan fingerprint density at radius 1 is 1.18 bits per heavy atom. The number of fused-ring (bicyclic) bond motifs is 1. The average molecular weight is 385 g/mol. The number of anilines is 2. The van der Waals surface area contributed by atoms with E-state index in [0.29, 0.717) is 17.9 Å². The highest BCUT2D eigenvalue weighted by molar-refractivity contribution is 6.14. The van der Waals surface area contributed by atoms with Crippen molar-refractivity contribution < 1.29 is 18.7 Å². The summed E-state index contributed by atoms with van der Waals surface area (Å²) < 4.78 is 19.0. The number of amides is 2. The first-order chi connectivity index (χ1) is 13.3. The lowest BCUT2D eigenvalue weighted by Gasteiger charge is -2.42. The number of likely N-dealkylation sites (N-methyl/N-ethyl adjacent to an activating group) is 1. The van der Waals surface area contributed by atoms with Crippen molar-refractivity contribution in [3.63, 3.8) is 0 Å². The molecule has 2 aromatic rings. The highest BCUT2D eigenvalue weighted by atomic mass is 19.1. The topological polar surface area (TPSA) is 61.9 Å². The number of benzene rings is 2. The number of carbonyl (C=O) groups is 2. The number of nitrogens with zero attached hydrogens (tertiary/aromatic N) is 2. The minimum atomic E-state index is -1.00. The summed E-state index contributed by atoms with van der Waals surface area (Å²) in [5.74, 6) is -0.658. The summed E-state index contributed by atoms with van der Waals surface area (Å²) in [6.07, 6.45) is 0. The molecule has 0 atom stereocenters. The van der Waals surface area contributed by atoms with Crippen molar-refractivity contribution in [2.24, 2.45) is 0 Å². The summed E-state index contributed by atoms with van der Waals surface area (Å²) >= 11 is 0. The smallest absolute Gasteiger partial charge is 0.250 e. The summed E-state index contributed by atoms with van der Waals surface area (Å²) in [4.78, 5) is 28.8. The first-order valence-corrected chi connectivity index (χ1v) is 9.10. The molecule has 1 aliphatic rings. The molecule has 1 heterocycles. The Labute approximate surface area is 163 Å². The third kappa shape index (κ3) is 3.99. The zero-order valence-electron chi connectivity index (χ0n) is 16.2. The molecule has 0 saturated heterocycles. The van der Waals surface area contributed by atoms with Gasteiger partial charge in [-0.1, -0.05) is 24.3 Å². The van der Waals surface area contributed by atoms with E-state index < -0.39 is 11.4 Å². The van der Waals surface area contributed by atoms with Gasteiger partial charge in [-0.3, -0.25) is 19.4 Å². The molecule has 2 aromatic carbocycles. The Balaban J connectivity index is 1.64. The first kappa shape index (κ1) is 19.8. The van der Waals surface area contributed by atoms with Crippen LogP contribution in [0.15, 0.2) is 48.5 Å². The van der Waals surface area contributed by atoms with Crippen molar-refractivity contribution in [3.8, 4) is 5.75 Å². The number of nitrogens with one attached hydrogen (secondary N) is 1. The predicted octanol–water partition coefficient (Wildman–Crippen LogP) is 2.90. The Hall–Kier alpha value is -2.93. The molecule has 2 amide bonds. The van der Waals surface area contributed by atoms with Crippen molar-refractivity contribution in [1.29, 1.82) is 0 Å². The van der Waals surface area contributed by atoms with Gasteiger partial charge in [0, 0.05) is 6.54 Å². The van der Waals surface area contributed by atoms with Gasteiger partial charge in [0.05, 0.1) is 17.9 Å². The Morgan fingerprint density at radius 3 is 2.61 bits per heavy atom. The van der Waals surface area contributed by atoms with E-state index in [4.69, 9.17) is 4.74 Å². The summed E-state index contributed by atoms with van der Waals surface area (Å²) in [5.41, 5.74) is 0.287. The lowest BCUT2D eigenvalue weighted by atomic mass is 9.96. The molecule has 0 fully saturated rings. The van der Waals surface area contributed by atoms with Crippen LogP contribution in [-0.2, 0) is 9.59 Å². The van der Waals surface area contributed by atoms with Gasteiger partial charge in [-0.15, -0.1) is 0 Å². The zero-order valence-corrected chi connectivity index (χ0v) is 16.2. The van der Waals surface area contributed by atoms with Crippen LogP contribution < -0.4 is 15.0 Å². The number of carbonyl (C=O) groups excluding carboxylic acids is 2. The van der Waals surface area contributed by atoms with Gasteiger partial charge in [0.1, 0.15) is 12.1 Å². The van der Waals surface area contributed by atoms with Gasteiger partial charge < -0.3 is 10.1 Å². The average Bonchev–Trinajstić information content (AvgIpc) is 2.64. The Bertz CT molecular complexity index is 885. The quantitative estimate of drug-likeness (QED) is 0.831. The summed E-state index contributed by atoms with van der Waals surface area (Å²) in [6.45, 7) is 4.22. The monoisotopic (exact) mass is 385 g/mol. The number of hydrogen-bond acceptors (Lipinski definition) is 4. The predicted molar refractivity (Wildman–Crippen MR) is 106 cm³/mol. The van der Waals surface area contributed by atoms with E-state index in [1.807, 2.05) is 18.2 Å². The van der Waals surface area contributed by atoms with Crippen molar-refractivity contribution in [1.82, 2.24) is 4.90 Å². The number of rotatable bonds is 6. The van der Waals surface area contributed by atoms with E-state index in [1.165, 1.54) is 11.0 Å². The molecule has 6 nitrogen and oxygen atoms in total. The van der Waals surface area contributed by atoms with E-state index in [0.717, 1.165) is 0 Å². The Kier molecular flexibility index (Phi) is 5.65. The molecule has 0 aromatic heterocycles. The molecular weight excluding hydrogens is 361 g/mol. The van der Waals surface area contributed by atoms with Crippen molar-refractivity contribution >= 4 is 23.2 Å². The molecular formula is C21H24FN3O3. The van der Waals surface area contributed by atoms with Crippen LogP contribution in [0.1, 0.15) is 13.8 Å². The highest BCUT2D eigenvalue weighted by Crippen LogP contribution is 2.36. The summed E-state index contributed by atoms with van der Waals surface area (Å²) in [7, 11) is 1.78. The third-order valence-corrected chi connectivity index (χ3v) is 4.73. The highest BCUT2D eigenvalue weighted by Gasteiger charge is 2.43. The van der Waals surface area contributed by atoms with Gasteiger partial charge in [-0.05, 0) is 45.2 Å². The van der Waals surface area contributed by atoms with Crippen LogP contribution in [0, 0.1) is 5.82 Å². The maximum absolute atomic E-state index is 13.6. The van der Waals surface area contributed by atoms with Gasteiger partial charge in [-0.2, -0.15) is 0 Å². The standard InChI is InChI=1S/C21H24FN3O3/c1-21(2)20(27)23-16-9-5-6-10-17(16)25(21)19(26)14-24(3)12-13-28-18-11-7-4-8-15(18)22/h4-11H,12-14H2,1-3H3,(H,23,27). The molecule has 148 valence electrons. The maximum Gasteiger partial charge on any atom is 0.250 e. The summed E-state index contributed by atoms with van der Waals surface area (Å²) in [6, 6.07) is 13.4. The second-order valence-electron chi connectivity index (χ2n) is 7.28. The van der Waals surface area contributed by atoms with Gasteiger partial charge in [0.25, 0.3) is 0 Å². The molecule has 7 heteroatoms. The van der Waals surface area contributed by atoms with Gasteiger partial charge in [0.2, 0.25) is 11.8 Å². The van der Waals surface area contributed by atoms with Crippen LogP contribution in [0.3, 0.4) is 0 Å². The largest absolute Gasteiger partial charge is 0.489 e. The molecule has 0 bridgehead atoms. The van der Waals surface area contributed by atoms with Crippen LogP contribution >= 0.6 is 0 Å². The first-order valence-electron chi connectivity index (χ1n) is 9.10. The summed E-state index contributed by atoms with van der Waals surface area (Å²) in [5, 5.41) is 2.84. The fraction of sp³-hybridized carbons (Fsp3) is 0.333. The number of ether oxygens (including phenoxy) is 1. The lowest BCUT2D eigenvalue weighted by Crippen LogP contribution is -2.60. The van der Waals surface area contributed by atoms with E-state index >= 15 is 0 Å². The molecule has 0 unspecified atom stereocenters. The van der Waals surface area contributed by atoms with Gasteiger partial charge in [-0.25, -0.2) is 4.39 Å². The van der Waals surface area contributed by atoms with Crippen LogP contribution in [0.25, 0.3) is 0 Å². The second kappa shape index (κ2) is 7.98. The third-order valence-electron chi connectivity index (χ3n) is 4.73. The normalized spacial score (nSPS) is 15.2. The molecule has 0 spiro atoms. The molecule has 0 radical (unpaired) electrons. The van der Waals surface area contributed by atoms with Crippen LogP contribution in [0.2, 0.25) is 0 Å². The molecule has 3 rings (SSSR count). The molecule has 0 aliphatic carbocycles. The van der Waals surface area contributed by atoms with Gasteiger partial charge in [0.15, 0.2) is 11.6 Å². The SMILES string of the molecule is CN(CCOc1ccccc1F)CC(=O)N1c2ccccc2NC(=O)C1(C)C. The zero-order chi connectivity index (χ0) is 20.3. The molecule has 1 aliphatic heterocycles. The number of hydrogen-bond donors (Lipinski definition) is 1. The lowest BCUT2D eigenvalue weighted by molar-refractivity contribution is -0.127. The van der Waals surface area contributed by atoms with Crippen molar-refractivity contribution in [3.05, 3.63) is 54.3 Å². The van der Waals surface area contributed by atoms with Gasteiger partial charge >= 0.3 is 0 Å². The molecule has 1 N–H and O–H groups in total. The van der Waals surface area contributed by atoms with E-state index in [2.05, 4.69) is 5.32 Å². The maximum atomic E-state index is 13.6. The Morgan fingerprint density at radius 2 is 1.86 bits per heavy atom. The minimum absolute atomic E-state index is 0.103. The fourth-order valence-electron chi connectivity index (χ4n) is 3.15. The van der Waals surface area contributed by atoms with Crippen molar-refractivity contribution in [2.75, 3.05) is 37.0 Å². The minimum Gasteiger partial charge on any atom is -0.489 e. The molecule has 0 saturated carbocycles. The van der Waals surface area contributed by atoms with Crippen LogP contribution in [-0.4, -0.2) is 49.0 Å². The van der Waals surface area contributed by atoms with Crippen LogP contribution in [0.4, 0.5) is 15.8 Å². The van der Waals surface area contributed by atoms with Crippen molar-refractivity contribution in [2.45, 2.75) is 19.4 Å². The van der Waals surface area contributed by atoms with E-state index in [1.54, 1.807) is 50.1 Å². The van der Waals surface area contributed by atoms with Crippen LogP contribution in [0.5, 0.6) is 5.75 Å².